The van der Waals surface area contributed by atoms with Gasteiger partial charge in [0.05, 0.1) is 27.8 Å². The van der Waals surface area contributed by atoms with Crippen molar-refractivity contribution < 1.29 is 0 Å². The molecule has 0 fully saturated rings. The second-order valence-corrected chi connectivity index (χ2v) is 15.0. The van der Waals surface area contributed by atoms with Gasteiger partial charge in [0.15, 0.2) is 5.65 Å². The number of aromatic nitrogens is 5. The van der Waals surface area contributed by atoms with E-state index in [-0.39, 0.29) is 0 Å². The summed E-state index contributed by atoms with van der Waals surface area (Å²) in [6.45, 7) is 0. The Morgan fingerprint density at radius 2 is 0.831 bits per heavy atom. The maximum Gasteiger partial charge on any atom is 0.237 e. The number of rotatable bonds is 6. The van der Waals surface area contributed by atoms with E-state index in [4.69, 9.17) is 9.97 Å². The molecule has 0 aliphatic rings. The van der Waals surface area contributed by atoms with Gasteiger partial charge in [-0.05, 0) is 89.0 Å². The minimum Gasteiger partial charge on any atom is -0.309 e. The zero-order valence-corrected chi connectivity index (χ0v) is 31.9. The highest BCUT2D eigenvalue weighted by atomic mass is 15.2. The standard InChI is InChI=1S/C54H35N5/c1-4-16-36(17-5-1)41-22-10-11-25-44(41)52-45-32-33-57(39-18-6-2-7-19-39)53(45)56-54(55-52)59-49-27-15-13-24-43(49)47-35-38(29-31-51(47)59)37-28-30-50-46(34-37)42-23-12-14-26-48(42)58(50)40-20-8-3-9-21-40/h1-35H. The largest absolute Gasteiger partial charge is 0.309 e. The van der Waals surface area contributed by atoms with Crippen LogP contribution in [-0.4, -0.2) is 23.7 Å². The van der Waals surface area contributed by atoms with Crippen LogP contribution in [0.25, 0.3) is 105 Å². The first-order chi connectivity index (χ1) is 29.3. The number of hydrogen-bond acceptors (Lipinski definition) is 2. The van der Waals surface area contributed by atoms with Crippen LogP contribution in [0.5, 0.6) is 0 Å². The first kappa shape index (κ1) is 33.2. The summed E-state index contributed by atoms with van der Waals surface area (Å²) in [6.07, 6.45) is 2.11. The van der Waals surface area contributed by atoms with Crippen LogP contribution in [0, 0.1) is 0 Å². The molecule has 0 aliphatic heterocycles. The fraction of sp³-hybridized carbons (Fsp3) is 0. The Hall–Kier alpha value is -8.02. The lowest BCUT2D eigenvalue weighted by Gasteiger charge is -2.14. The molecule has 4 aromatic heterocycles. The van der Waals surface area contributed by atoms with Crippen LogP contribution in [0.1, 0.15) is 0 Å². The monoisotopic (exact) mass is 753 g/mol. The summed E-state index contributed by atoms with van der Waals surface area (Å²) in [4.78, 5) is 10.9. The maximum absolute atomic E-state index is 5.51. The zero-order valence-electron chi connectivity index (χ0n) is 31.9. The Balaban J connectivity index is 1.08. The van der Waals surface area contributed by atoms with Crippen LogP contribution in [0.2, 0.25) is 0 Å². The molecule has 0 saturated carbocycles. The van der Waals surface area contributed by atoms with E-state index in [1.165, 1.54) is 27.4 Å². The van der Waals surface area contributed by atoms with Crippen molar-refractivity contribution in [2.24, 2.45) is 0 Å². The maximum atomic E-state index is 5.51. The summed E-state index contributed by atoms with van der Waals surface area (Å²) in [5, 5.41) is 5.77. The van der Waals surface area contributed by atoms with E-state index < -0.39 is 0 Å². The summed E-state index contributed by atoms with van der Waals surface area (Å²) in [5.41, 5.74) is 14.1. The second-order valence-electron chi connectivity index (χ2n) is 15.0. The molecule has 0 atom stereocenters. The van der Waals surface area contributed by atoms with Gasteiger partial charge in [0, 0.05) is 50.1 Å². The first-order valence-corrected chi connectivity index (χ1v) is 20.0. The third-order valence-corrected chi connectivity index (χ3v) is 11.7. The summed E-state index contributed by atoms with van der Waals surface area (Å²) in [5.74, 6) is 0.625. The molecular formula is C54H35N5. The Morgan fingerprint density at radius 1 is 0.322 bits per heavy atom. The highest BCUT2D eigenvalue weighted by Gasteiger charge is 2.22. The van der Waals surface area contributed by atoms with E-state index in [9.17, 15) is 0 Å². The van der Waals surface area contributed by atoms with Crippen molar-refractivity contribution >= 4 is 54.6 Å². The first-order valence-electron chi connectivity index (χ1n) is 20.0. The number of hydrogen-bond donors (Lipinski definition) is 0. The van der Waals surface area contributed by atoms with Crippen molar-refractivity contribution in [2.75, 3.05) is 0 Å². The Morgan fingerprint density at radius 3 is 1.49 bits per heavy atom. The van der Waals surface area contributed by atoms with Crippen molar-refractivity contribution in [1.82, 2.24) is 23.7 Å². The summed E-state index contributed by atoms with van der Waals surface area (Å²) in [7, 11) is 0. The molecule has 0 saturated heterocycles. The van der Waals surface area contributed by atoms with E-state index >= 15 is 0 Å². The Bertz CT molecular complexity index is 3540. The molecule has 12 rings (SSSR count). The lowest BCUT2D eigenvalue weighted by molar-refractivity contribution is 0.988. The van der Waals surface area contributed by atoms with E-state index in [2.05, 4.69) is 220 Å². The molecule has 4 heterocycles. The molecule has 0 N–H and O–H groups in total. The van der Waals surface area contributed by atoms with Gasteiger partial charge in [0.1, 0.15) is 0 Å². The van der Waals surface area contributed by atoms with Crippen LogP contribution >= 0.6 is 0 Å². The van der Waals surface area contributed by atoms with Gasteiger partial charge in [-0.25, -0.2) is 4.98 Å². The van der Waals surface area contributed by atoms with Gasteiger partial charge in [-0.2, -0.15) is 4.98 Å². The topological polar surface area (TPSA) is 40.6 Å². The lowest BCUT2D eigenvalue weighted by Crippen LogP contribution is -2.05. The minimum absolute atomic E-state index is 0.625. The average Bonchev–Trinajstić information content (AvgIpc) is 3.99. The molecule has 8 aromatic carbocycles. The van der Waals surface area contributed by atoms with Gasteiger partial charge >= 0.3 is 0 Å². The van der Waals surface area contributed by atoms with E-state index in [1.807, 2.05) is 6.07 Å². The van der Waals surface area contributed by atoms with Crippen molar-refractivity contribution in [2.45, 2.75) is 0 Å². The number of nitrogens with zero attached hydrogens (tertiary/aromatic N) is 5. The molecule has 12 aromatic rings. The zero-order chi connectivity index (χ0) is 38.9. The van der Waals surface area contributed by atoms with Crippen LogP contribution in [0.3, 0.4) is 0 Å². The number of para-hydroxylation sites is 4. The van der Waals surface area contributed by atoms with Gasteiger partial charge in [0.25, 0.3) is 0 Å². The number of benzene rings is 8. The van der Waals surface area contributed by atoms with Crippen molar-refractivity contribution in [3.63, 3.8) is 0 Å². The third kappa shape index (κ3) is 5.25. The third-order valence-electron chi connectivity index (χ3n) is 11.7. The van der Waals surface area contributed by atoms with Crippen LogP contribution in [0.15, 0.2) is 212 Å². The molecule has 0 bridgehead atoms. The van der Waals surface area contributed by atoms with Crippen molar-refractivity contribution in [3.05, 3.63) is 212 Å². The highest BCUT2D eigenvalue weighted by Crippen LogP contribution is 2.40. The van der Waals surface area contributed by atoms with Gasteiger partial charge in [-0.1, -0.05) is 140 Å². The van der Waals surface area contributed by atoms with Crippen molar-refractivity contribution in [1.29, 1.82) is 0 Å². The van der Waals surface area contributed by atoms with E-state index in [0.717, 1.165) is 72.2 Å². The quantitative estimate of drug-likeness (QED) is 0.170. The second kappa shape index (κ2) is 13.3. The van der Waals surface area contributed by atoms with Gasteiger partial charge < -0.3 is 9.13 Å². The Kier molecular flexibility index (Phi) is 7.47. The molecule has 0 radical (unpaired) electrons. The van der Waals surface area contributed by atoms with Crippen molar-refractivity contribution in [3.8, 4) is 50.8 Å². The Labute approximate surface area is 340 Å². The lowest BCUT2D eigenvalue weighted by atomic mass is 9.96. The van der Waals surface area contributed by atoms with Gasteiger partial charge in [-0.15, -0.1) is 0 Å². The summed E-state index contributed by atoms with van der Waals surface area (Å²) >= 11 is 0. The predicted octanol–water partition coefficient (Wildman–Crippen LogP) is 13.6. The van der Waals surface area contributed by atoms with Crippen LogP contribution < -0.4 is 0 Å². The molecule has 0 spiro atoms. The van der Waals surface area contributed by atoms with E-state index in [0.29, 0.717) is 5.95 Å². The SMILES string of the molecule is c1ccc(-c2ccccc2-c2nc(-n3c4ccccc4c4cc(-c5ccc6c(c5)c5ccccc5n6-c5ccccc5)ccc43)nc3c2ccn3-c2ccccc2)cc1. The average molecular weight is 754 g/mol. The van der Waals surface area contributed by atoms with Crippen LogP contribution in [-0.2, 0) is 0 Å². The molecular weight excluding hydrogens is 719 g/mol. The molecule has 5 nitrogen and oxygen atoms in total. The summed E-state index contributed by atoms with van der Waals surface area (Å²) in [6, 6.07) is 73.3. The fourth-order valence-electron chi connectivity index (χ4n) is 9.04. The van der Waals surface area contributed by atoms with Crippen LogP contribution in [0.4, 0.5) is 0 Å². The van der Waals surface area contributed by atoms with Gasteiger partial charge in [-0.3, -0.25) is 4.57 Å². The predicted molar refractivity (Wildman–Crippen MR) is 244 cm³/mol. The molecule has 59 heavy (non-hydrogen) atoms. The minimum atomic E-state index is 0.625. The summed E-state index contributed by atoms with van der Waals surface area (Å²) < 4.78 is 6.77. The molecule has 276 valence electrons. The molecule has 0 amide bonds. The number of fused-ring (bicyclic) bond motifs is 7. The van der Waals surface area contributed by atoms with Gasteiger partial charge in [0.2, 0.25) is 5.95 Å². The molecule has 5 heteroatoms. The molecule has 0 unspecified atom stereocenters. The normalized spacial score (nSPS) is 11.7. The smallest absolute Gasteiger partial charge is 0.237 e. The highest BCUT2D eigenvalue weighted by molar-refractivity contribution is 6.13. The fourth-order valence-corrected chi connectivity index (χ4v) is 9.04. The van der Waals surface area contributed by atoms with E-state index in [1.54, 1.807) is 0 Å². The molecule has 0 aliphatic carbocycles.